The summed E-state index contributed by atoms with van der Waals surface area (Å²) in [5.41, 5.74) is -0.137. The Hall–Kier alpha value is -1.61. The first kappa shape index (κ1) is 14.8. The quantitative estimate of drug-likeness (QED) is 0.623. The van der Waals surface area contributed by atoms with Crippen LogP contribution < -0.4 is 0 Å². The van der Waals surface area contributed by atoms with Gasteiger partial charge in [0.25, 0.3) is 15.7 Å². The van der Waals surface area contributed by atoms with E-state index in [0.717, 1.165) is 5.75 Å². The molecular weight excluding hydrogens is 302 g/mol. The van der Waals surface area contributed by atoms with Crippen molar-refractivity contribution in [3.8, 4) is 0 Å². The van der Waals surface area contributed by atoms with Gasteiger partial charge in [-0.3, -0.25) is 15.1 Å². The van der Waals surface area contributed by atoms with Gasteiger partial charge < -0.3 is 0 Å². The van der Waals surface area contributed by atoms with Crippen molar-refractivity contribution in [2.45, 2.75) is 11.8 Å². The molecule has 108 valence electrons. The van der Waals surface area contributed by atoms with Gasteiger partial charge in [0, 0.05) is 12.1 Å². The maximum atomic E-state index is 12.5. The van der Waals surface area contributed by atoms with Crippen LogP contribution in [0.1, 0.15) is 6.92 Å². The second-order valence-corrected chi connectivity index (χ2v) is 7.02. The van der Waals surface area contributed by atoms with Gasteiger partial charge in [-0.1, -0.05) is 18.7 Å². The lowest BCUT2D eigenvalue weighted by atomic mass is 10.3. The Bertz CT molecular complexity index is 640. The molecule has 0 unspecified atom stereocenters. The first-order chi connectivity index (χ1) is 9.46. The number of hydrogen-bond acceptors (Lipinski definition) is 6. The number of rotatable bonds is 4. The van der Waals surface area contributed by atoms with Crippen molar-refractivity contribution in [3.63, 3.8) is 0 Å². The van der Waals surface area contributed by atoms with Crippen molar-refractivity contribution in [2.24, 2.45) is 4.99 Å². The van der Waals surface area contributed by atoms with Crippen LogP contribution in [0.4, 0.5) is 5.69 Å². The molecule has 20 heavy (non-hydrogen) atoms. The van der Waals surface area contributed by atoms with Gasteiger partial charge in [0.1, 0.15) is 0 Å². The average molecular weight is 315 g/mol. The SMILES string of the molecule is CCSC1=NCCN1S(=O)(=O)c1ccc([N+](=O)[O-])cc1. The number of thioether (sulfide) groups is 1. The van der Waals surface area contributed by atoms with E-state index in [2.05, 4.69) is 4.99 Å². The Morgan fingerprint density at radius 1 is 1.40 bits per heavy atom. The molecule has 0 N–H and O–H groups in total. The molecule has 1 aliphatic heterocycles. The fraction of sp³-hybridized carbons (Fsp3) is 0.364. The largest absolute Gasteiger partial charge is 0.269 e. The van der Waals surface area contributed by atoms with E-state index in [1.54, 1.807) is 0 Å². The summed E-state index contributed by atoms with van der Waals surface area (Å²) in [6.07, 6.45) is 0. The fourth-order valence-electron chi connectivity index (χ4n) is 1.75. The smallest absolute Gasteiger partial charge is 0.260 e. The standard InChI is InChI=1S/C11H13N3O4S2/c1-2-19-11-12-7-8-13(11)20(17,18)10-5-3-9(4-6-10)14(15)16/h3-6H,2,7-8H2,1H3. The molecule has 0 aromatic heterocycles. The van der Waals surface area contributed by atoms with Gasteiger partial charge in [-0.15, -0.1) is 0 Å². The second-order valence-electron chi connectivity index (χ2n) is 3.93. The molecule has 1 aliphatic rings. The number of nitro benzene ring substituents is 1. The summed E-state index contributed by atoms with van der Waals surface area (Å²) in [6, 6.07) is 4.87. The predicted molar refractivity (Wildman–Crippen MR) is 77.4 cm³/mol. The number of sulfonamides is 1. The lowest BCUT2D eigenvalue weighted by molar-refractivity contribution is -0.384. The summed E-state index contributed by atoms with van der Waals surface area (Å²) in [7, 11) is -3.69. The second kappa shape index (κ2) is 5.80. The molecule has 0 atom stereocenters. The molecule has 1 aromatic rings. The van der Waals surface area contributed by atoms with Crippen LogP contribution in [-0.4, -0.2) is 41.7 Å². The summed E-state index contributed by atoms with van der Waals surface area (Å²) in [4.78, 5) is 14.2. The molecule has 0 amide bonds. The van der Waals surface area contributed by atoms with Crippen molar-refractivity contribution in [3.05, 3.63) is 34.4 Å². The zero-order chi connectivity index (χ0) is 14.8. The number of non-ortho nitro benzene ring substituents is 1. The number of nitrogens with zero attached hydrogens (tertiary/aromatic N) is 3. The van der Waals surface area contributed by atoms with Crippen LogP contribution in [0.3, 0.4) is 0 Å². The molecule has 0 spiro atoms. The lowest BCUT2D eigenvalue weighted by Crippen LogP contribution is -2.32. The molecule has 0 bridgehead atoms. The summed E-state index contributed by atoms with van der Waals surface area (Å²) in [5.74, 6) is 0.727. The lowest BCUT2D eigenvalue weighted by Gasteiger charge is -2.19. The van der Waals surface area contributed by atoms with Crippen molar-refractivity contribution >= 4 is 32.6 Å². The average Bonchev–Trinajstić information content (AvgIpc) is 2.88. The zero-order valence-corrected chi connectivity index (χ0v) is 12.4. The molecule has 0 saturated heterocycles. The zero-order valence-electron chi connectivity index (χ0n) is 10.7. The Balaban J connectivity index is 2.31. The minimum Gasteiger partial charge on any atom is -0.260 e. The van der Waals surface area contributed by atoms with Crippen LogP contribution in [0.25, 0.3) is 0 Å². The maximum absolute atomic E-state index is 12.5. The van der Waals surface area contributed by atoms with Gasteiger partial charge >= 0.3 is 0 Å². The topological polar surface area (TPSA) is 92.9 Å². The van der Waals surface area contributed by atoms with E-state index in [4.69, 9.17) is 0 Å². The first-order valence-corrected chi connectivity index (χ1v) is 8.34. The Kier molecular flexibility index (Phi) is 4.29. The first-order valence-electron chi connectivity index (χ1n) is 5.91. The Morgan fingerprint density at radius 3 is 2.60 bits per heavy atom. The Labute approximate surface area is 120 Å². The van der Waals surface area contributed by atoms with Crippen LogP contribution in [0, 0.1) is 10.1 Å². The van der Waals surface area contributed by atoms with Gasteiger partial charge in [0.2, 0.25) is 0 Å². The number of hydrogen-bond donors (Lipinski definition) is 0. The monoisotopic (exact) mass is 315 g/mol. The summed E-state index contributed by atoms with van der Waals surface area (Å²) >= 11 is 1.37. The summed E-state index contributed by atoms with van der Waals surface area (Å²) in [6.45, 7) is 2.67. The minimum absolute atomic E-state index is 0.0365. The van der Waals surface area contributed by atoms with Gasteiger partial charge in [0.05, 0.1) is 22.9 Å². The van der Waals surface area contributed by atoms with E-state index >= 15 is 0 Å². The molecule has 7 nitrogen and oxygen atoms in total. The summed E-state index contributed by atoms with van der Waals surface area (Å²) in [5, 5.41) is 11.1. The van der Waals surface area contributed by atoms with Gasteiger partial charge in [-0.25, -0.2) is 12.7 Å². The highest BCUT2D eigenvalue weighted by atomic mass is 32.2. The molecule has 0 aliphatic carbocycles. The van der Waals surface area contributed by atoms with Crippen LogP contribution >= 0.6 is 11.8 Å². The highest BCUT2D eigenvalue weighted by Gasteiger charge is 2.30. The van der Waals surface area contributed by atoms with Crippen molar-refractivity contribution in [2.75, 3.05) is 18.8 Å². The number of benzene rings is 1. The van der Waals surface area contributed by atoms with E-state index in [9.17, 15) is 18.5 Å². The molecule has 0 radical (unpaired) electrons. The molecule has 0 saturated carbocycles. The molecule has 0 fully saturated rings. The van der Waals surface area contributed by atoms with Gasteiger partial charge in [-0.2, -0.15) is 0 Å². The maximum Gasteiger partial charge on any atom is 0.269 e. The predicted octanol–water partition coefficient (Wildman–Crippen LogP) is 1.71. The Morgan fingerprint density at radius 2 is 2.05 bits per heavy atom. The van der Waals surface area contributed by atoms with Gasteiger partial charge in [0.15, 0.2) is 5.17 Å². The van der Waals surface area contributed by atoms with Crippen LogP contribution in [-0.2, 0) is 10.0 Å². The van der Waals surface area contributed by atoms with Crippen LogP contribution in [0.2, 0.25) is 0 Å². The fourth-order valence-corrected chi connectivity index (χ4v) is 4.20. The van der Waals surface area contributed by atoms with E-state index < -0.39 is 14.9 Å². The van der Waals surface area contributed by atoms with Crippen LogP contribution in [0.5, 0.6) is 0 Å². The third-order valence-corrected chi connectivity index (χ3v) is 5.49. The van der Waals surface area contributed by atoms with Crippen LogP contribution in [0.15, 0.2) is 34.2 Å². The molecule has 9 heteroatoms. The van der Waals surface area contributed by atoms with E-state index in [-0.39, 0.29) is 10.6 Å². The van der Waals surface area contributed by atoms with Gasteiger partial charge in [-0.05, 0) is 17.9 Å². The molecular formula is C11H13N3O4S2. The summed E-state index contributed by atoms with van der Waals surface area (Å²) < 4.78 is 26.2. The third kappa shape index (κ3) is 2.78. The highest BCUT2D eigenvalue weighted by Crippen LogP contribution is 2.24. The van der Waals surface area contributed by atoms with Crippen molar-refractivity contribution in [1.82, 2.24) is 4.31 Å². The van der Waals surface area contributed by atoms with E-state index in [1.807, 2.05) is 6.92 Å². The number of aliphatic imine (C=N–C) groups is 1. The van der Waals surface area contributed by atoms with Crippen molar-refractivity contribution in [1.29, 1.82) is 0 Å². The highest BCUT2D eigenvalue weighted by molar-refractivity contribution is 8.14. The van der Waals surface area contributed by atoms with E-state index in [0.29, 0.717) is 18.3 Å². The molecule has 1 aromatic carbocycles. The number of amidine groups is 1. The molecule has 2 rings (SSSR count). The molecule has 1 heterocycles. The van der Waals surface area contributed by atoms with Crippen molar-refractivity contribution < 1.29 is 13.3 Å². The third-order valence-electron chi connectivity index (χ3n) is 2.67. The minimum atomic E-state index is -3.69. The van der Waals surface area contributed by atoms with E-state index in [1.165, 1.54) is 40.3 Å². The normalized spacial score (nSPS) is 15.2. The number of nitro groups is 1.